The Morgan fingerprint density at radius 1 is 1.50 bits per heavy atom. The van der Waals surface area contributed by atoms with E-state index in [1.165, 1.54) is 24.1 Å². The molecule has 1 aromatic heterocycles. The van der Waals surface area contributed by atoms with E-state index in [2.05, 4.69) is 57.8 Å². The molecule has 3 rings (SSSR count). The summed E-state index contributed by atoms with van der Waals surface area (Å²) in [4.78, 5) is 12.2. The first-order valence-corrected chi connectivity index (χ1v) is 10.4. The number of hydrogen-bond acceptors (Lipinski definition) is 4. The fourth-order valence-electron chi connectivity index (χ4n) is 3.91. The molecule has 1 saturated heterocycles. The van der Waals surface area contributed by atoms with Gasteiger partial charge in [-0.1, -0.05) is 30.3 Å². The molecule has 0 spiro atoms. The molecule has 2 N–H and O–H groups in total. The van der Waals surface area contributed by atoms with Crippen molar-refractivity contribution >= 4 is 11.6 Å². The number of likely N-dealkylation sites (N-methyl/N-ethyl adjacent to an activating group) is 1. The third-order valence-corrected chi connectivity index (χ3v) is 6.24. The Labute approximate surface area is 173 Å². The second kappa shape index (κ2) is 9.48. The zero-order chi connectivity index (χ0) is 20.1. The van der Waals surface area contributed by atoms with E-state index in [1.807, 2.05) is 19.2 Å². The first-order chi connectivity index (χ1) is 13.4. The van der Waals surface area contributed by atoms with E-state index < -0.39 is 0 Å². The van der Waals surface area contributed by atoms with Gasteiger partial charge >= 0.3 is 0 Å². The van der Waals surface area contributed by atoms with Crippen LogP contribution in [-0.4, -0.2) is 52.0 Å². The molecule has 6 heteroatoms. The van der Waals surface area contributed by atoms with E-state index >= 15 is 0 Å². The molecule has 152 valence electrons. The smallest absolute Gasteiger partial charge is 0.0941 e. The van der Waals surface area contributed by atoms with Crippen molar-refractivity contribution in [2.75, 3.05) is 20.1 Å². The Balaban J connectivity index is 1.51. The topological polar surface area (TPSA) is 47.2 Å². The number of nitrogens with zero attached hydrogens (tertiary/aromatic N) is 3. The third-order valence-electron chi connectivity index (χ3n) is 5.81. The summed E-state index contributed by atoms with van der Waals surface area (Å²) in [6.07, 6.45) is 7.10. The molecule has 1 aliphatic heterocycles. The summed E-state index contributed by atoms with van der Waals surface area (Å²) in [5.74, 6) is 0.973. The van der Waals surface area contributed by atoms with Gasteiger partial charge in [0, 0.05) is 55.6 Å². The zero-order valence-electron chi connectivity index (χ0n) is 17.2. The van der Waals surface area contributed by atoms with E-state index in [0.29, 0.717) is 12.1 Å². The van der Waals surface area contributed by atoms with Gasteiger partial charge in [0.1, 0.15) is 0 Å². The first kappa shape index (κ1) is 20.7. The van der Waals surface area contributed by atoms with Crippen molar-refractivity contribution in [3.05, 3.63) is 65.0 Å². The Hall–Kier alpha value is -1.98. The van der Waals surface area contributed by atoms with Crippen LogP contribution in [-0.2, 0) is 13.0 Å². The molecule has 2 unspecified atom stereocenters. The van der Waals surface area contributed by atoms with E-state index in [4.69, 9.17) is 11.6 Å². The number of aromatic amines is 1. The molecule has 1 aromatic carbocycles. The number of H-pyrrole nitrogens is 1. The maximum Gasteiger partial charge on any atom is 0.0941 e. The SMILES string of the molecule is C=C(NCc1ccc(Cl)c(C)c1)N(C)C1CCCN(C(C)Cc2cnc[nH]2)C1. The number of rotatable bonds is 8. The standard InChI is InChI=1S/C22H32ClN5/c1-16-10-19(7-8-22(16)23)12-25-18(3)27(4)21-6-5-9-28(14-21)17(2)11-20-13-24-15-26-20/h7-8,10,13,15,17,21,25H,3,5-6,9,11-12,14H2,1-2,4H3,(H,24,26). The molecule has 1 aliphatic rings. The Bertz CT molecular complexity index is 773. The Morgan fingerprint density at radius 3 is 3.04 bits per heavy atom. The largest absolute Gasteiger partial charge is 0.368 e. The van der Waals surface area contributed by atoms with Gasteiger partial charge in [0.15, 0.2) is 0 Å². The monoisotopic (exact) mass is 401 g/mol. The summed E-state index contributed by atoms with van der Waals surface area (Å²) in [5.41, 5.74) is 3.52. The Morgan fingerprint density at radius 2 is 2.32 bits per heavy atom. The minimum Gasteiger partial charge on any atom is -0.368 e. The number of benzene rings is 1. The van der Waals surface area contributed by atoms with Crippen molar-refractivity contribution in [1.29, 1.82) is 0 Å². The molecule has 0 amide bonds. The second-order valence-corrected chi connectivity index (χ2v) is 8.32. The summed E-state index contributed by atoms with van der Waals surface area (Å²) in [7, 11) is 2.15. The van der Waals surface area contributed by atoms with Crippen LogP contribution < -0.4 is 5.32 Å². The van der Waals surface area contributed by atoms with Crippen LogP contribution in [0.25, 0.3) is 0 Å². The molecule has 2 heterocycles. The lowest BCUT2D eigenvalue weighted by molar-refractivity contribution is 0.102. The Kier molecular flexibility index (Phi) is 7.03. The summed E-state index contributed by atoms with van der Waals surface area (Å²) in [6, 6.07) is 7.12. The maximum atomic E-state index is 6.12. The van der Waals surface area contributed by atoms with Crippen LogP contribution in [0.15, 0.2) is 43.1 Å². The highest BCUT2D eigenvalue weighted by molar-refractivity contribution is 6.31. The molecule has 5 nitrogen and oxygen atoms in total. The maximum absolute atomic E-state index is 6.12. The summed E-state index contributed by atoms with van der Waals surface area (Å²) >= 11 is 6.12. The predicted molar refractivity (Wildman–Crippen MR) is 116 cm³/mol. The van der Waals surface area contributed by atoms with Crippen LogP contribution in [0.1, 0.15) is 36.6 Å². The molecule has 1 fully saturated rings. The van der Waals surface area contributed by atoms with Crippen molar-refractivity contribution in [3.63, 3.8) is 0 Å². The number of likely N-dealkylation sites (tertiary alicyclic amines) is 1. The minimum absolute atomic E-state index is 0.477. The fraction of sp³-hybridized carbons (Fsp3) is 0.500. The van der Waals surface area contributed by atoms with Gasteiger partial charge in [0.05, 0.1) is 12.1 Å². The number of aromatic nitrogens is 2. The number of imidazole rings is 1. The number of halogens is 1. The van der Waals surface area contributed by atoms with Gasteiger partial charge in [-0.05, 0) is 50.4 Å². The van der Waals surface area contributed by atoms with Crippen LogP contribution >= 0.6 is 11.6 Å². The quantitative estimate of drug-likeness (QED) is 0.702. The molecule has 28 heavy (non-hydrogen) atoms. The highest BCUT2D eigenvalue weighted by atomic mass is 35.5. The van der Waals surface area contributed by atoms with Gasteiger partial charge < -0.3 is 15.2 Å². The van der Waals surface area contributed by atoms with E-state index in [1.54, 1.807) is 6.33 Å². The highest BCUT2D eigenvalue weighted by Gasteiger charge is 2.27. The van der Waals surface area contributed by atoms with Crippen LogP contribution in [0, 0.1) is 6.92 Å². The van der Waals surface area contributed by atoms with Crippen LogP contribution in [0.2, 0.25) is 5.02 Å². The lowest BCUT2D eigenvalue weighted by Crippen LogP contribution is -2.50. The molecule has 0 saturated carbocycles. The zero-order valence-corrected chi connectivity index (χ0v) is 18.0. The van der Waals surface area contributed by atoms with Crippen LogP contribution in [0.3, 0.4) is 0 Å². The van der Waals surface area contributed by atoms with Gasteiger partial charge in [-0.15, -0.1) is 0 Å². The fourth-order valence-corrected chi connectivity index (χ4v) is 4.03. The van der Waals surface area contributed by atoms with E-state index in [-0.39, 0.29) is 0 Å². The van der Waals surface area contributed by atoms with Gasteiger partial charge in [-0.3, -0.25) is 4.90 Å². The average Bonchev–Trinajstić information content (AvgIpc) is 3.21. The minimum atomic E-state index is 0.477. The summed E-state index contributed by atoms with van der Waals surface area (Å²) in [6.45, 7) is 11.6. The van der Waals surface area contributed by atoms with Crippen molar-refractivity contribution in [2.24, 2.45) is 0 Å². The van der Waals surface area contributed by atoms with Gasteiger partial charge in [0.25, 0.3) is 0 Å². The van der Waals surface area contributed by atoms with Crippen molar-refractivity contribution in [2.45, 2.75) is 51.7 Å². The summed E-state index contributed by atoms with van der Waals surface area (Å²) in [5, 5.41) is 4.29. The first-order valence-electron chi connectivity index (χ1n) is 10.1. The number of aryl methyl sites for hydroxylation is 1. The molecule has 2 aromatic rings. The van der Waals surface area contributed by atoms with Gasteiger partial charge in [0.2, 0.25) is 0 Å². The van der Waals surface area contributed by atoms with E-state index in [0.717, 1.165) is 42.5 Å². The number of nitrogens with one attached hydrogen (secondary N) is 2. The molecular weight excluding hydrogens is 370 g/mol. The molecule has 2 atom stereocenters. The van der Waals surface area contributed by atoms with Crippen LogP contribution in [0.5, 0.6) is 0 Å². The van der Waals surface area contributed by atoms with Gasteiger partial charge in [-0.25, -0.2) is 4.98 Å². The van der Waals surface area contributed by atoms with Crippen LogP contribution in [0.4, 0.5) is 0 Å². The van der Waals surface area contributed by atoms with Crippen molar-refractivity contribution < 1.29 is 0 Å². The molecular formula is C22H32ClN5. The number of piperidine rings is 1. The predicted octanol–water partition coefficient (Wildman–Crippen LogP) is 3.96. The third kappa shape index (κ3) is 5.30. The van der Waals surface area contributed by atoms with E-state index in [9.17, 15) is 0 Å². The molecule has 0 bridgehead atoms. The average molecular weight is 402 g/mol. The lowest BCUT2D eigenvalue weighted by atomic mass is 10.0. The normalized spacial score (nSPS) is 18.6. The second-order valence-electron chi connectivity index (χ2n) is 7.92. The highest BCUT2D eigenvalue weighted by Crippen LogP contribution is 2.21. The molecule has 0 aliphatic carbocycles. The molecule has 0 radical (unpaired) electrons. The van der Waals surface area contributed by atoms with Crippen molar-refractivity contribution in [1.82, 2.24) is 25.1 Å². The number of hydrogen-bond donors (Lipinski definition) is 2. The summed E-state index contributed by atoms with van der Waals surface area (Å²) < 4.78 is 0. The lowest BCUT2D eigenvalue weighted by Gasteiger charge is -2.41. The van der Waals surface area contributed by atoms with Gasteiger partial charge in [-0.2, -0.15) is 0 Å². The van der Waals surface area contributed by atoms with Crippen molar-refractivity contribution in [3.8, 4) is 0 Å².